The molecule has 0 fully saturated rings. The van der Waals surface area contributed by atoms with Gasteiger partial charge in [0.2, 0.25) is 0 Å². The Balaban J connectivity index is 3.34. The zero-order valence-corrected chi connectivity index (χ0v) is 15.9. The van der Waals surface area contributed by atoms with Gasteiger partial charge in [0.15, 0.2) is 17.2 Å². The molecule has 6 heteroatoms. The molecule has 0 spiro atoms. The van der Waals surface area contributed by atoms with Crippen LogP contribution in [0.1, 0.15) is 26.3 Å². The molecule has 0 saturated carbocycles. The highest BCUT2D eigenvalue weighted by atomic mass is 28.4. The maximum absolute atomic E-state index is 10.7. The van der Waals surface area contributed by atoms with Gasteiger partial charge in [-0.25, -0.2) is 4.79 Å². The minimum atomic E-state index is -2.07. The molecule has 0 bridgehead atoms. The van der Waals surface area contributed by atoms with Gasteiger partial charge in [-0.2, -0.15) is 0 Å². The molecule has 0 heterocycles. The van der Waals surface area contributed by atoms with Gasteiger partial charge in [0.1, 0.15) is 0 Å². The molecule has 1 aromatic rings. The largest absolute Gasteiger partial charge is 0.539 e. The number of carboxylic acid groups (broad SMARTS) is 1. The van der Waals surface area contributed by atoms with Crippen molar-refractivity contribution in [2.45, 2.75) is 38.9 Å². The zero-order valence-electron chi connectivity index (χ0n) is 14.9. The van der Waals surface area contributed by atoms with Gasteiger partial charge < -0.3 is 19.0 Å². The molecule has 0 aliphatic rings. The summed E-state index contributed by atoms with van der Waals surface area (Å²) in [4.78, 5) is 10.7. The van der Waals surface area contributed by atoms with Crippen LogP contribution in [0.2, 0.25) is 18.1 Å². The zero-order chi connectivity index (χ0) is 17.8. The van der Waals surface area contributed by atoms with Crippen LogP contribution in [0.4, 0.5) is 0 Å². The molecule has 128 valence electrons. The second-order valence-electron chi connectivity index (χ2n) is 6.79. The highest BCUT2D eigenvalue weighted by molar-refractivity contribution is 6.74. The predicted octanol–water partition coefficient (Wildman–Crippen LogP) is 4.19. The van der Waals surface area contributed by atoms with Gasteiger partial charge in [-0.15, -0.1) is 0 Å². The number of methoxy groups -OCH3 is 2. The monoisotopic (exact) mass is 338 g/mol. The van der Waals surface area contributed by atoms with Crippen molar-refractivity contribution >= 4 is 20.4 Å². The Hall–Kier alpha value is -1.95. The number of rotatable bonds is 6. The Labute approximate surface area is 139 Å². The first-order valence-corrected chi connectivity index (χ1v) is 10.3. The summed E-state index contributed by atoms with van der Waals surface area (Å²) in [7, 11) is 1.04. The molecular weight excluding hydrogens is 312 g/mol. The van der Waals surface area contributed by atoms with E-state index in [0.717, 1.165) is 6.08 Å². The van der Waals surface area contributed by atoms with E-state index in [1.165, 1.54) is 6.08 Å². The van der Waals surface area contributed by atoms with Gasteiger partial charge in [0.25, 0.3) is 8.32 Å². The SMILES string of the molecule is COc1cc(/C=C/C(=O)O)cc(OC)c1O[Si](C)(C)C(C)(C)C. The molecule has 0 aliphatic heterocycles. The summed E-state index contributed by atoms with van der Waals surface area (Å²) in [5, 5.41) is 8.79. The fourth-order valence-electron chi connectivity index (χ4n) is 1.67. The third-order valence-electron chi connectivity index (χ3n) is 4.06. The number of benzene rings is 1. The summed E-state index contributed by atoms with van der Waals surface area (Å²) in [5.41, 5.74) is 0.670. The van der Waals surface area contributed by atoms with E-state index in [2.05, 4.69) is 33.9 Å². The van der Waals surface area contributed by atoms with E-state index in [9.17, 15) is 4.79 Å². The van der Waals surface area contributed by atoms with Crippen LogP contribution in [0.3, 0.4) is 0 Å². The lowest BCUT2D eigenvalue weighted by Gasteiger charge is -2.37. The molecule has 0 aliphatic carbocycles. The van der Waals surface area contributed by atoms with Gasteiger partial charge in [-0.05, 0) is 41.9 Å². The minimum absolute atomic E-state index is 0.0326. The van der Waals surface area contributed by atoms with E-state index >= 15 is 0 Å². The third-order valence-corrected chi connectivity index (χ3v) is 8.39. The number of aliphatic carboxylic acids is 1. The van der Waals surface area contributed by atoms with Crippen molar-refractivity contribution in [1.29, 1.82) is 0 Å². The Kier molecular flexibility index (Phi) is 5.88. The molecule has 0 unspecified atom stereocenters. The first-order valence-electron chi connectivity index (χ1n) is 7.38. The van der Waals surface area contributed by atoms with Gasteiger partial charge in [0.05, 0.1) is 14.2 Å². The van der Waals surface area contributed by atoms with Crippen LogP contribution in [0.15, 0.2) is 18.2 Å². The standard InChI is InChI=1S/C17H26O5Si/c1-17(2,3)23(6,7)22-16-13(20-4)10-12(8-9-15(18)19)11-14(16)21-5/h8-11H,1-7H3,(H,18,19)/b9-8+. The lowest BCUT2D eigenvalue weighted by Crippen LogP contribution is -2.44. The number of ether oxygens (including phenoxy) is 2. The van der Waals surface area contributed by atoms with E-state index in [-0.39, 0.29) is 5.04 Å². The summed E-state index contributed by atoms with van der Waals surface area (Å²) < 4.78 is 17.2. The lowest BCUT2D eigenvalue weighted by atomic mass is 10.1. The maximum Gasteiger partial charge on any atom is 0.328 e. The normalized spacial score (nSPS) is 12.3. The molecule has 1 aromatic carbocycles. The Morgan fingerprint density at radius 2 is 1.61 bits per heavy atom. The third kappa shape index (κ3) is 4.76. The molecule has 0 atom stereocenters. The average Bonchev–Trinajstić information content (AvgIpc) is 2.44. The van der Waals surface area contributed by atoms with Crippen LogP contribution >= 0.6 is 0 Å². The van der Waals surface area contributed by atoms with E-state index in [4.69, 9.17) is 19.0 Å². The topological polar surface area (TPSA) is 65.0 Å². The van der Waals surface area contributed by atoms with Gasteiger partial charge in [0, 0.05) is 6.08 Å². The van der Waals surface area contributed by atoms with Crippen molar-refractivity contribution in [3.05, 3.63) is 23.8 Å². The Morgan fingerprint density at radius 3 is 1.96 bits per heavy atom. The van der Waals surface area contributed by atoms with E-state index in [1.807, 2.05) is 0 Å². The van der Waals surface area contributed by atoms with Crippen LogP contribution in [0.5, 0.6) is 17.2 Å². The highest BCUT2D eigenvalue weighted by Gasteiger charge is 2.40. The Bertz CT molecular complexity index is 574. The predicted molar refractivity (Wildman–Crippen MR) is 94.0 cm³/mol. The number of carbonyl (C=O) groups is 1. The van der Waals surface area contributed by atoms with E-state index in [0.29, 0.717) is 22.8 Å². The van der Waals surface area contributed by atoms with Crippen molar-refractivity contribution in [1.82, 2.24) is 0 Å². The summed E-state index contributed by atoms with van der Waals surface area (Å²) in [6, 6.07) is 3.48. The molecule has 23 heavy (non-hydrogen) atoms. The minimum Gasteiger partial charge on any atom is -0.539 e. The van der Waals surface area contributed by atoms with Crippen LogP contribution < -0.4 is 13.9 Å². The molecule has 0 saturated heterocycles. The quantitative estimate of drug-likeness (QED) is 0.622. The summed E-state index contributed by atoms with van der Waals surface area (Å²) >= 11 is 0. The smallest absolute Gasteiger partial charge is 0.328 e. The molecular formula is C17H26O5Si. The second-order valence-corrected chi connectivity index (χ2v) is 11.5. The number of carboxylic acids is 1. The van der Waals surface area contributed by atoms with Crippen molar-refractivity contribution in [2.24, 2.45) is 0 Å². The van der Waals surface area contributed by atoms with Crippen molar-refractivity contribution < 1.29 is 23.8 Å². The van der Waals surface area contributed by atoms with Crippen molar-refractivity contribution in [3.63, 3.8) is 0 Å². The fourth-order valence-corrected chi connectivity index (χ4v) is 2.69. The first-order chi connectivity index (χ1) is 10.5. The van der Waals surface area contributed by atoms with Crippen molar-refractivity contribution in [3.8, 4) is 17.2 Å². The number of hydrogen-bond donors (Lipinski definition) is 1. The van der Waals surface area contributed by atoms with Crippen LogP contribution in [-0.4, -0.2) is 33.6 Å². The molecule has 5 nitrogen and oxygen atoms in total. The summed E-state index contributed by atoms with van der Waals surface area (Å²) in [6.07, 6.45) is 2.56. The molecule has 0 radical (unpaired) electrons. The van der Waals surface area contributed by atoms with E-state index in [1.54, 1.807) is 26.4 Å². The molecule has 1 rings (SSSR count). The van der Waals surface area contributed by atoms with E-state index < -0.39 is 14.3 Å². The number of hydrogen-bond acceptors (Lipinski definition) is 4. The van der Waals surface area contributed by atoms with Gasteiger partial charge in [-0.3, -0.25) is 0 Å². The summed E-state index contributed by atoms with van der Waals surface area (Å²) in [6.45, 7) is 10.8. The first kappa shape index (κ1) is 19.1. The maximum atomic E-state index is 10.7. The molecule has 1 N–H and O–H groups in total. The van der Waals surface area contributed by atoms with Crippen LogP contribution in [-0.2, 0) is 4.79 Å². The lowest BCUT2D eigenvalue weighted by molar-refractivity contribution is -0.131. The molecule has 0 aromatic heterocycles. The fraction of sp³-hybridized carbons (Fsp3) is 0.471. The summed E-state index contributed by atoms with van der Waals surface area (Å²) in [5.74, 6) is 0.608. The van der Waals surface area contributed by atoms with Gasteiger partial charge in [-0.1, -0.05) is 20.8 Å². The molecule has 0 amide bonds. The van der Waals surface area contributed by atoms with Crippen molar-refractivity contribution in [2.75, 3.05) is 14.2 Å². The Morgan fingerprint density at radius 1 is 1.13 bits per heavy atom. The van der Waals surface area contributed by atoms with Crippen LogP contribution in [0, 0.1) is 0 Å². The van der Waals surface area contributed by atoms with Gasteiger partial charge >= 0.3 is 5.97 Å². The second kappa shape index (κ2) is 7.08. The highest BCUT2D eigenvalue weighted by Crippen LogP contribution is 2.45. The van der Waals surface area contributed by atoms with Crippen LogP contribution in [0.25, 0.3) is 6.08 Å². The average molecular weight is 338 g/mol.